The van der Waals surface area contributed by atoms with Crippen LogP contribution in [0.5, 0.6) is 0 Å². The predicted molar refractivity (Wildman–Crippen MR) is 63.9 cm³/mol. The Morgan fingerprint density at radius 2 is 2.25 bits per heavy atom. The van der Waals surface area contributed by atoms with Crippen molar-refractivity contribution >= 4 is 5.78 Å². The van der Waals surface area contributed by atoms with Crippen molar-refractivity contribution in [3.05, 3.63) is 0 Å². The SMILES string of the molecule is CC(C)N(CCC#N)CCC1CCCC1=O. The summed E-state index contributed by atoms with van der Waals surface area (Å²) in [4.78, 5) is 13.8. The van der Waals surface area contributed by atoms with E-state index in [9.17, 15) is 4.79 Å². The summed E-state index contributed by atoms with van der Waals surface area (Å²) in [6.45, 7) is 6.08. The fourth-order valence-electron chi connectivity index (χ4n) is 2.34. The molecule has 0 N–H and O–H groups in total. The Bertz CT molecular complexity index is 268. The first-order valence-corrected chi connectivity index (χ1v) is 6.29. The van der Waals surface area contributed by atoms with Crippen molar-refractivity contribution in [2.24, 2.45) is 5.92 Å². The summed E-state index contributed by atoms with van der Waals surface area (Å²) in [5.74, 6) is 0.743. The number of nitriles is 1. The molecule has 1 atom stereocenters. The zero-order valence-corrected chi connectivity index (χ0v) is 10.4. The van der Waals surface area contributed by atoms with Gasteiger partial charge in [-0.25, -0.2) is 0 Å². The number of carbonyl (C=O) groups excluding carboxylic acids is 1. The Kier molecular flexibility index (Phi) is 5.48. The first-order valence-electron chi connectivity index (χ1n) is 6.29. The van der Waals surface area contributed by atoms with Gasteiger partial charge in [-0.15, -0.1) is 0 Å². The Morgan fingerprint density at radius 3 is 2.75 bits per heavy atom. The van der Waals surface area contributed by atoms with Gasteiger partial charge in [-0.3, -0.25) is 9.69 Å². The molecule has 0 aromatic carbocycles. The van der Waals surface area contributed by atoms with E-state index < -0.39 is 0 Å². The lowest BCUT2D eigenvalue weighted by Crippen LogP contribution is -2.34. The minimum absolute atomic E-state index is 0.295. The third-order valence-electron chi connectivity index (χ3n) is 3.44. The normalized spacial score (nSPS) is 20.7. The highest BCUT2D eigenvalue weighted by atomic mass is 16.1. The van der Waals surface area contributed by atoms with Crippen LogP contribution in [0.25, 0.3) is 0 Å². The number of hydrogen-bond donors (Lipinski definition) is 0. The number of Topliss-reactive ketones (excluding diaryl/α,β-unsaturated/α-hetero) is 1. The number of carbonyl (C=O) groups is 1. The van der Waals surface area contributed by atoms with Crippen LogP contribution in [0.4, 0.5) is 0 Å². The van der Waals surface area contributed by atoms with Gasteiger partial charge in [-0.1, -0.05) is 0 Å². The third-order valence-corrected chi connectivity index (χ3v) is 3.44. The maximum absolute atomic E-state index is 11.5. The van der Waals surface area contributed by atoms with Crippen LogP contribution in [0.3, 0.4) is 0 Å². The Labute approximate surface area is 98.4 Å². The van der Waals surface area contributed by atoms with Gasteiger partial charge in [0.05, 0.1) is 6.07 Å². The van der Waals surface area contributed by atoms with Gasteiger partial charge in [-0.05, 0) is 39.7 Å². The van der Waals surface area contributed by atoms with Crippen molar-refractivity contribution in [3.63, 3.8) is 0 Å². The summed E-state index contributed by atoms with van der Waals surface area (Å²) < 4.78 is 0. The van der Waals surface area contributed by atoms with Gasteiger partial charge in [0.25, 0.3) is 0 Å². The van der Waals surface area contributed by atoms with Gasteiger partial charge in [0.2, 0.25) is 0 Å². The highest BCUT2D eigenvalue weighted by Crippen LogP contribution is 2.24. The monoisotopic (exact) mass is 222 g/mol. The quantitative estimate of drug-likeness (QED) is 0.693. The summed E-state index contributed by atoms with van der Waals surface area (Å²) in [5, 5.41) is 8.59. The van der Waals surface area contributed by atoms with Gasteiger partial charge < -0.3 is 0 Å². The molecule has 1 saturated carbocycles. The van der Waals surface area contributed by atoms with Crippen LogP contribution >= 0.6 is 0 Å². The molecule has 90 valence electrons. The third kappa shape index (κ3) is 3.94. The molecule has 0 heterocycles. The topological polar surface area (TPSA) is 44.1 Å². The summed E-state index contributed by atoms with van der Waals surface area (Å²) in [6.07, 6.45) is 4.48. The smallest absolute Gasteiger partial charge is 0.136 e. The minimum atomic E-state index is 0.295. The molecule has 3 nitrogen and oxygen atoms in total. The number of ketones is 1. The van der Waals surface area contributed by atoms with Crippen LogP contribution in [0.2, 0.25) is 0 Å². The van der Waals surface area contributed by atoms with Crippen molar-refractivity contribution in [2.45, 2.75) is 52.0 Å². The molecule has 0 aromatic heterocycles. The van der Waals surface area contributed by atoms with E-state index in [1.54, 1.807) is 0 Å². The molecule has 1 fully saturated rings. The molecular formula is C13H22N2O. The van der Waals surface area contributed by atoms with Crippen LogP contribution in [-0.4, -0.2) is 29.8 Å². The highest BCUT2D eigenvalue weighted by Gasteiger charge is 2.24. The van der Waals surface area contributed by atoms with E-state index in [0.29, 0.717) is 24.2 Å². The van der Waals surface area contributed by atoms with Crippen molar-refractivity contribution in [2.75, 3.05) is 13.1 Å². The van der Waals surface area contributed by atoms with Gasteiger partial charge >= 0.3 is 0 Å². The van der Waals surface area contributed by atoms with E-state index in [2.05, 4.69) is 24.8 Å². The average molecular weight is 222 g/mol. The van der Waals surface area contributed by atoms with E-state index in [1.165, 1.54) is 0 Å². The molecular weight excluding hydrogens is 200 g/mol. The lowest BCUT2D eigenvalue weighted by atomic mass is 10.0. The van der Waals surface area contributed by atoms with Crippen LogP contribution in [0.15, 0.2) is 0 Å². The molecule has 0 aromatic rings. The van der Waals surface area contributed by atoms with Crippen LogP contribution < -0.4 is 0 Å². The van der Waals surface area contributed by atoms with Crippen molar-refractivity contribution in [1.82, 2.24) is 4.90 Å². The second kappa shape index (κ2) is 6.65. The molecule has 0 amide bonds. The van der Waals surface area contributed by atoms with Crippen LogP contribution in [0.1, 0.15) is 46.0 Å². The first-order chi connectivity index (χ1) is 7.65. The molecule has 0 saturated heterocycles. The summed E-state index contributed by atoms with van der Waals surface area (Å²) in [5.41, 5.74) is 0. The summed E-state index contributed by atoms with van der Waals surface area (Å²) in [7, 11) is 0. The standard InChI is InChI=1S/C13H22N2O/c1-11(2)15(9-4-8-14)10-7-12-5-3-6-13(12)16/h11-12H,3-7,9-10H2,1-2H3. The molecule has 1 aliphatic carbocycles. The van der Waals surface area contributed by atoms with E-state index >= 15 is 0 Å². The van der Waals surface area contributed by atoms with Crippen LogP contribution in [-0.2, 0) is 4.79 Å². The predicted octanol–water partition coefficient (Wildman–Crippen LogP) is 2.37. The minimum Gasteiger partial charge on any atom is -0.300 e. The second-order valence-corrected chi connectivity index (χ2v) is 4.88. The van der Waals surface area contributed by atoms with E-state index in [-0.39, 0.29) is 0 Å². The maximum Gasteiger partial charge on any atom is 0.136 e. The summed E-state index contributed by atoms with van der Waals surface area (Å²) >= 11 is 0. The highest BCUT2D eigenvalue weighted by molar-refractivity contribution is 5.82. The maximum atomic E-state index is 11.5. The fraction of sp³-hybridized carbons (Fsp3) is 0.846. The van der Waals surface area contributed by atoms with Crippen LogP contribution in [0, 0.1) is 17.2 Å². The number of hydrogen-bond acceptors (Lipinski definition) is 3. The van der Waals surface area contributed by atoms with Gasteiger partial charge in [0, 0.05) is 31.3 Å². The molecule has 0 spiro atoms. The van der Waals surface area contributed by atoms with Gasteiger partial charge in [0.15, 0.2) is 0 Å². The fourth-order valence-corrected chi connectivity index (χ4v) is 2.34. The largest absolute Gasteiger partial charge is 0.300 e. The van der Waals surface area contributed by atoms with E-state index in [0.717, 1.165) is 38.8 Å². The van der Waals surface area contributed by atoms with Crippen molar-refractivity contribution < 1.29 is 4.79 Å². The molecule has 1 rings (SSSR count). The van der Waals surface area contributed by atoms with E-state index in [1.807, 2.05) is 0 Å². The lowest BCUT2D eigenvalue weighted by Gasteiger charge is -2.26. The van der Waals surface area contributed by atoms with E-state index in [4.69, 9.17) is 5.26 Å². The molecule has 1 aliphatic rings. The zero-order valence-electron chi connectivity index (χ0n) is 10.4. The number of nitrogens with zero attached hydrogens (tertiary/aromatic N) is 2. The van der Waals surface area contributed by atoms with Gasteiger partial charge in [0.1, 0.15) is 5.78 Å². The zero-order chi connectivity index (χ0) is 12.0. The van der Waals surface area contributed by atoms with Crippen molar-refractivity contribution in [3.8, 4) is 6.07 Å². The molecule has 0 aliphatic heterocycles. The summed E-state index contributed by atoms with van der Waals surface area (Å²) in [6, 6.07) is 2.64. The Morgan fingerprint density at radius 1 is 1.50 bits per heavy atom. The first kappa shape index (κ1) is 13.2. The molecule has 1 unspecified atom stereocenters. The molecule has 16 heavy (non-hydrogen) atoms. The lowest BCUT2D eigenvalue weighted by molar-refractivity contribution is -0.120. The molecule has 0 bridgehead atoms. The second-order valence-electron chi connectivity index (χ2n) is 4.88. The van der Waals surface area contributed by atoms with Crippen molar-refractivity contribution in [1.29, 1.82) is 5.26 Å². The Hall–Kier alpha value is -0.880. The Balaban J connectivity index is 2.31. The average Bonchev–Trinajstić information content (AvgIpc) is 2.64. The molecule has 0 radical (unpaired) electrons. The van der Waals surface area contributed by atoms with Gasteiger partial charge in [-0.2, -0.15) is 5.26 Å². The number of rotatable bonds is 6. The molecule has 3 heteroatoms.